The standard InChI is InChI=1S/C96H177NO18/c1-3-5-7-9-11-13-15-17-19-21-23-25-27-29-31-33-35-36-37-38-39-40-41-42-44-46-48-50-52-54-56-58-60-62-64-66-68-70-72-74-84(102)97-79(80(101)73-71-69-67-65-63-61-59-57-55-53-51-49-47-45-43-34-32-30-28-26-24-22-20-18-16-14-12-10-8-6-4-2)78-110-94-90(108)87(105)92(82(76-99)112-94)115-96-91(109)88(106)93(83(77-100)113-96)114-95-89(107)86(104)85(103)81(75-98)111-95/h15,17,21,23,55,57,63,65,71,73,79-83,85-96,98-101,103-109H,3-14,16,18-20,22,24-54,56,58-62,64,66-70,72,74-78H2,1-2H3,(H,97,102)/b17-15-,23-21-,57-55+,65-63+,73-71+. The molecule has 0 aliphatic carbocycles. The Morgan fingerprint density at radius 1 is 0.313 bits per heavy atom. The number of hydrogen-bond donors (Lipinski definition) is 12. The van der Waals surface area contributed by atoms with Crippen molar-refractivity contribution in [3.8, 4) is 0 Å². The molecule has 17 unspecified atom stereocenters. The molecule has 19 nitrogen and oxygen atoms in total. The normalized spacial score (nSPS) is 24.8. The molecule has 3 aliphatic heterocycles. The van der Waals surface area contributed by atoms with Crippen LogP contribution < -0.4 is 5.32 Å². The molecule has 3 aliphatic rings. The van der Waals surface area contributed by atoms with Crippen LogP contribution in [0.5, 0.6) is 0 Å². The van der Waals surface area contributed by atoms with E-state index in [0.29, 0.717) is 12.8 Å². The van der Waals surface area contributed by atoms with Crippen LogP contribution in [0.25, 0.3) is 0 Å². The Hall–Kier alpha value is -2.51. The van der Waals surface area contributed by atoms with Crippen molar-refractivity contribution in [2.75, 3.05) is 26.4 Å². The molecule has 3 heterocycles. The predicted molar refractivity (Wildman–Crippen MR) is 466 cm³/mol. The lowest BCUT2D eigenvalue weighted by atomic mass is 9.96. The van der Waals surface area contributed by atoms with Crippen LogP contribution in [0.1, 0.15) is 412 Å². The average Bonchev–Trinajstić information content (AvgIpc) is 0.779. The summed E-state index contributed by atoms with van der Waals surface area (Å²) >= 11 is 0. The van der Waals surface area contributed by atoms with Crippen molar-refractivity contribution < 1.29 is 89.4 Å². The van der Waals surface area contributed by atoms with Gasteiger partial charge in [-0.3, -0.25) is 4.79 Å². The van der Waals surface area contributed by atoms with Gasteiger partial charge in [-0.25, -0.2) is 0 Å². The van der Waals surface area contributed by atoms with Crippen LogP contribution in [0.3, 0.4) is 0 Å². The molecule has 3 saturated heterocycles. The number of hydrogen-bond acceptors (Lipinski definition) is 18. The number of unbranched alkanes of at least 4 members (excludes halogenated alkanes) is 55. The Morgan fingerprint density at radius 2 is 0.583 bits per heavy atom. The molecule has 0 aromatic heterocycles. The summed E-state index contributed by atoms with van der Waals surface area (Å²) < 4.78 is 34.5. The molecular formula is C96H177NO18. The van der Waals surface area contributed by atoms with E-state index in [1.807, 2.05) is 6.08 Å². The van der Waals surface area contributed by atoms with Gasteiger partial charge in [0.15, 0.2) is 18.9 Å². The zero-order chi connectivity index (χ0) is 83.1. The lowest BCUT2D eigenvalue weighted by molar-refractivity contribution is -0.379. The highest BCUT2D eigenvalue weighted by atomic mass is 16.8. The summed E-state index contributed by atoms with van der Waals surface area (Å²) in [6.45, 7) is 1.77. The molecule has 3 rings (SSSR count). The summed E-state index contributed by atoms with van der Waals surface area (Å²) in [5.74, 6) is -0.282. The van der Waals surface area contributed by atoms with Crippen LogP contribution in [-0.2, 0) is 33.2 Å². The maximum absolute atomic E-state index is 13.5. The Bertz CT molecular complexity index is 2310. The van der Waals surface area contributed by atoms with E-state index in [4.69, 9.17) is 28.4 Å². The van der Waals surface area contributed by atoms with Gasteiger partial charge in [0.1, 0.15) is 73.2 Å². The molecule has 0 aromatic rings. The highest BCUT2D eigenvalue weighted by Gasteiger charge is 2.54. The Balaban J connectivity index is 1.31. The maximum Gasteiger partial charge on any atom is 0.220 e. The number of allylic oxidation sites excluding steroid dienone is 9. The third-order valence-corrected chi connectivity index (χ3v) is 23.8. The number of carbonyl (C=O) groups is 1. The third-order valence-electron chi connectivity index (χ3n) is 23.8. The van der Waals surface area contributed by atoms with Gasteiger partial charge in [0.25, 0.3) is 0 Å². The molecule has 115 heavy (non-hydrogen) atoms. The molecule has 1 amide bonds. The molecule has 17 atom stereocenters. The summed E-state index contributed by atoms with van der Waals surface area (Å²) in [7, 11) is 0. The SMILES string of the molecule is CCCCCCC/C=C\C/C=C\CCCCCCCCCCCCCCCCCCCCCCCCCCCCCC(=O)NC(COC1OC(CO)C(OC2OC(CO)C(OC3OC(CO)C(O)C(O)C3O)C(O)C2O)C(O)C1O)C(O)/C=C/CC/C=C/CC/C=C/CCCCCCCCCCCCCCCCCCCCCCC. The van der Waals surface area contributed by atoms with Gasteiger partial charge in [-0.1, -0.05) is 389 Å². The van der Waals surface area contributed by atoms with E-state index in [1.165, 1.54) is 327 Å². The number of ether oxygens (including phenoxy) is 6. The highest BCUT2D eigenvalue weighted by molar-refractivity contribution is 5.76. The lowest BCUT2D eigenvalue weighted by Crippen LogP contribution is -2.66. The fraction of sp³-hybridized carbons (Fsp3) is 0.885. The van der Waals surface area contributed by atoms with E-state index in [1.54, 1.807) is 6.08 Å². The Kier molecular flexibility index (Phi) is 69.8. The number of amides is 1. The average molecular weight is 1630 g/mol. The Labute approximate surface area is 700 Å². The molecule has 3 fully saturated rings. The van der Waals surface area contributed by atoms with E-state index >= 15 is 0 Å². The molecule has 0 saturated carbocycles. The van der Waals surface area contributed by atoms with E-state index < -0.39 is 124 Å². The number of aliphatic hydroxyl groups is 11. The van der Waals surface area contributed by atoms with E-state index in [-0.39, 0.29) is 18.9 Å². The van der Waals surface area contributed by atoms with Crippen molar-refractivity contribution in [2.45, 2.75) is 516 Å². The summed E-state index contributed by atoms with van der Waals surface area (Å²) in [6.07, 6.45) is 74.0. The van der Waals surface area contributed by atoms with Crippen molar-refractivity contribution in [1.29, 1.82) is 0 Å². The van der Waals surface area contributed by atoms with Crippen LogP contribution in [-0.4, -0.2) is 193 Å². The fourth-order valence-electron chi connectivity index (χ4n) is 16.1. The molecule has 19 heteroatoms. The first-order valence-corrected chi connectivity index (χ1v) is 48.0. The minimum Gasteiger partial charge on any atom is -0.394 e. The molecule has 674 valence electrons. The number of rotatable bonds is 79. The van der Waals surface area contributed by atoms with Crippen LogP contribution in [0.15, 0.2) is 60.8 Å². The monoisotopic (exact) mass is 1630 g/mol. The molecular weight excluding hydrogens is 1460 g/mol. The van der Waals surface area contributed by atoms with Crippen LogP contribution in [0.2, 0.25) is 0 Å². The van der Waals surface area contributed by atoms with Gasteiger partial charge in [0.2, 0.25) is 5.91 Å². The third kappa shape index (κ3) is 53.2. The van der Waals surface area contributed by atoms with Gasteiger partial charge in [-0.2, -0.15) is 0 Å². The molecule has 0 bridgehead atoms. The van der Waals surface area contributed by atoms with Gasteiger partial charge in [-0.05, 0) is 77.0 Å². The van der Waals surface area contributed by atoms with Gasteiger partial charge < -0.3 is 89.9 Å². The van der Waals surface area contributed by atoms with Crippen molar-refractivity contribution in [3.05, 3.63) is 60.8 Å². The minimum atomic E-state index is -1.98. The van der Waals surface area contributed by atoms with Gasteiger partial charge >= 0.3 is 0 Å². The zero-order valence-corrected chi connectivity index (χ0v) is 73.0. The zero-order valence-electron chi connectivity index (χ0n) is 73.0. The topological polar surface area (TPSA) is 307 Å². The first-order valence-electron chi connectivity index (χ1n) is 48.0. The Morgan fingerprint density at radius 3 is 0.922 bits per heavy atom. The molecule has 0 aromatic carbocycles. The minimum absolute atomic E-state index is 0.235. The van der Waals surface area contributed by atoms with Crippen molar-refractivity contribution >= 4 is 5.91 Å². The summed E-state index contributed by atoms with van der Waals surface area (Å²) in [6, 6.07) is -0.999. The van der Waals surface area contributed by atoms with Crippen molar-refractivity contribution in [1.82, 2.24) is 5.32 Å². The van der Waals surface area contributed by atoms with Gasteiger partial charge in [0.05, 0.1) is 38.6 Å². The summed E-state index contributed by atoms with van der Waals surface area (Å²) in [5, 5.41) is 121. The number of carbonyl (C=O) groups excluding carboxylic acids is 1. The number of nitrogens with one attached hydrogen (secondary N) is 1. The predicted octanol–water partition coefficient (Wildman–Crippen LogP) is 19.3. The molecule has 0 radical (unpaired) electrons. The van der Waals surface area contributed by atoms with Crippen molar-refractivity contribution in [3.63, 3.8) is 0 Å². The first kappa shape index (κ1) is 107. The van der Waals surface area contributed by atoms with Gasteiger partial charge in [-0.15, -0.1) is 0 Å². The van der Waals surface area contributed by atoms with Crippen molar-refractivity contribution in [2.24, 2.45) is 0 Å². The second-order valence-corrected chi connectivity index (χ2v) is 34.2. The largest absolute Gasteiger partial charge is 0.394 e. The van der Waals surface area contributed by atoms with Gasteiger partial charge in [0, 0.05) is 6.42 Å². The quantitative estimate of drug-likeness (QED) is 0.0199. The molecule has 12 N–H and O–H groups in total. The fourth-order valence-corrected chi connectivity index (χ4v) is 16.1. The second-order valence-electron chi connectivity index (χ2n) is 34.2. The number of aliphatic hydroxyl groups excluding tert-OH is 11. The summed E-state index contributed by atoms with van der Waals surface area (Å²) in [5.41, 5.74) is 0. The van der Waals surface area contributed by atoms with Crippen LogP contribution in [0.4, 0.5) is 0 Å². The van der Waals surface area contributed by atoms with Crippen LogP contribution >= 0.6 is 0 Å². The van der Waals surface area contributed by atoms with E-state index in [0.717, 1.165) is 51.4 Å². The maximum atomic E-state index is 13.5. The molecule has 0 spiro atoms. The second kappa shape index (κ2) is 75.2. The summed E-state index contributed by atoms with van der Waals surface area (Å²) in [4.78, 5) is 13.5. The van der Waals surface area contributed by atoms with Crippen LogP contribution in [0, 0.1) is 0 Å². The highest BCUT2D eigenvalue weighted by Crippen LogP contribution is 2.34. The first-order chi connectivity index (χ1) is 56.3. The van der Waals surface area contributed by atoms with E-state index in [2.05, 4.69) is 67.8 Å². The smallest absolute Gasteiger partial charge is 0.220 e. The van der Waals surface area contributed by atoms with E-state index in [9.17, 15) is 61.0 Å². The lowest BCUT2D eigenvalue weighted by Gasteiger charge is -2.48.